The summed E-state index contributed by atoms with van der Waals surface area (Å²) >= 11 is 1.81. The molecule has 90 valence electrons. The van der Waals surface area contributed by atoms with Gasteiger partial charge in [0, 0.05) is 43.3 Å². The average Bonchev–Trinajstić information content (AvgIpc) is 2.78. The molecule has 1 aromatic heterocycles. The fourth-order valence-corrected chi connectivity index (χ4v) is 2.79. The van der Waals surface area contributed by atoms with Crippen LogP contribution in [-0.4, -0.2) is 50.2 Å². The number of likely N-dealkylation sites (N-methyl/N-ethyl adjacent to an activating group) is 1. The van der Waals surface area contributed by atoms with Gasteiger partial charge >= 0.3 is 0 Å². The monoisotopic (exact) mass is 240 g/mol. The van der Waals surface area contributed by atoms with Crippen molar-refractivity contribution >= 4 is 16.5 Å². The maximum absolute atomic E-state index is 4.52. The smallest absolute Gasteiger partial charge is 0.185 e. The van der Waals surface area contributed by atoms with Crippen LogP contribution >= 0.6 is 11.3 Å². The fourth-order valence-electron chi connectivity index (χ4n) is 1.76. The summed E-state index contributed by atoms with van der Waals surface area (Å²) in [4.78, 5) is 10.6. The lowest BCUT2D eigenvalue weighted by atomic mass is 10.3. The summed E-state index contributed by atoms with van der Waals surface area (Å²) in [6, 6.07) is 0.402. The van der Waals surface area contributed by atoms with Crippen LogP contribution < -0.4 is 10.2 Å². The zero-order valence-electron chi connectivity index (χ0n) is 10.2. The predicted octanol–water partition coefficient (Wildman–Crippen LogP) is 1.18. The molecule has 1 aliphatic heterocycles. The number of anilines is 1. The average molecular weight is 240 g/mol. The van der Waals surface area contributed by atoms with Crippen molar-refractivity contribution in [1.82, 2.24) is 15.2 Å². The summed E-state index contributed by atoms with van der Waals surface area (Å²) in [5, 5.41) is 4.42. The van der Waals surface area contributed by atoms with E-state index in [1.165, 1.54) is 10.0 Å². The Morgan fingerprint density at radius 2 is 2.06 bits per heavy atom. The van der Waals surface area contributed by atoms with Crippen molar-refractivity contribution in [2.24, 2.45) is 0 Å². The molecule has 16 heavy (non-hydrogen) atoms. The largest absolute Gasteiger partial charge is 0.346 e. The molecule has 2 heterocycles. The number of hydrogen-bond donors (Lipinski definition) is 1. The van der Waals surface area contributed by atoms with Crippen molar-refractivity contribution in [3.63, 3.8) is 0 Å². The van der Waals surface area contributed by atoms with Crippen LogP contribution in [-0.2, 0) is 0 Å². The van der Waals surface area contributed by atoms with Crippen molar-refractivity contribution in [2.75, 3.05) is 45.2 Å². The first kappa shape index (κ1) is 11.8. The molecule has 1 aromatic rings. The fraction of sp³-hybridized carbons (Fsp3) is 0.727. The Labute approximate surface area is 101 Å². The molecule has 0 bridgehead atoms. The first-order valence-electron chi connectivity index (χ1n) is 5.77. The Balaban J connectivity index is 2.01. The Bertz CT molecular complexity index is 330. The third-order valence-corrected chi connectivity index (χ3v) is 4.39. The molecule has 0 radical (unpaired) electrons. The van der Waals surface area contributed by atoms with E-state index in [0.717, 1.165) is 26.2 Å². The molecular formula is C11H20N4S. The second-order valence-electron chi connectivity index (χ2n) is 4.35. The van der Waals surface area contributed by atoms with Crippen LogP contribution in [0.2, 0.25) is 0 Å². The number of thiazole rings is 1. The van der Waals surface area contributed by atoms with Crippen LogP contribution in [0.5, 0.6) is 0 Å². The van der Waals surface area contributed by atoms with Crippen LogP contribution in [0, 0.1) is 0 Å². The summed E-state index contributed by atoms with van der Waals surface area (Å²) in [5.41, 5.74) is 0. The number of hydrogen-bond acceptors (Lipinski definition) is 5. The SMILES string of the molecule is CNC(C)c1cnc(N2CCN(C)CC2)s1. The van der Waals surface area contributed by atoms with Crippen LogP contribution in [0.15, 0.2) is 6.20 Å². The van der Waals surface area contributed by atoms with Crippen molar-refractivity contribution in [1.29, 1.82) is 0 Å². The van der Waals surface area contributed by atoms with E-state index < -0.39 is 0 Å². The topological polar surface area (TPSA) is 31.4 Å². The Morgan fingerprint density at radius 1 is 1.38 bits per heavy atom. The number of nitrogens with zero attached hydrogens (tertiary/aromatic N) is 3. The van der Waals surface area contributed by atoms with Crippen molar-refractivity contribution in [2.45, 2.75) is 13.0 Å². The lowest BCUT2D eigenvalue weighted by Gasteiger charge is -2.32. The van der Waals surface area contributed by atoms with Crippen LogP contribution in [0.1, 0.15) is 17.8 Å². The zero-order valence-corrected chi connectivity index (χ0v) is 11.0. The Kier molecular flexibility index (Phi) is 3.78. The molecule has 2 rings (SSSR count). The highest BCUT2D eigenvalue weighted by molar-refractivity contribution is 7.15. The standard InChI is InChI=1S/C11H20N4S/c1-9(12-2)10-8-13-11(16-10)15-6-4-14(3)5-7-15/h8-9,12H,4-7H2,1-3H3. The highest BCUT2D eigenvalue weighted by Crippen LogP contribution is 2.27. The van der Waals surface area contributed by atoms with E-state index in [0.29, 0.717) is 6.04 Å². The second-order valence-corrected chi connectivity index (χ2v) is 5.39. The highest BCUT2D eigenvalue weighted by Gasteiger charge is 2.17. The van der Waals surface area contributed by atoms with Crippen LogP contribution in [0.3, 0.4) is 0 Å². The zero-order chi connectivity index (χ0) is 11.5. The van der Waals surface area contributed by atoms with E-state index in [9.17, 15) is 0 Å². The molecule has 0 saturated carbocycles. The minimum atomic E-state index is 0.402. The molecule has 4 nitrogen and oxygen atoms in total. The molecule has 0 aliphatic carbocycles. The van der Waals surface area contributed by atoms with Gasteiger partial charge in [-0.2, -0.15) is 0 Å². The van der Waals surface area contributed by atoms with Gasteiger partial charge in [0.1, 0.15) is 0 Å². The Hall–Kier alpha value is -0.650. The third-order valence-electron chi connectivity index (χ3n) is 3.14. The number of rotatable bonds is 3. The molecule has 1 unspecified atom stereocenters. The van der Waals surface area contributed by atoms with Gasteiger partial charge in [-0.3, -0.25) is 0 Å². The van der Waals surface area contributed by atoms with Gasteiger partial charge < -0.3 is 15.1 Å². The van der Waals surface area contributed by atoms with Gasteiger partial charge in [-0.25, -0.2) is 4.98 Å². The molecule has 1 N–H and O–H groups in total. The minimum absolute atomic E-state index is 0.402. The molecular weight excluding hydrogens is 220 g/mol. The highest BCUT2D eigenvalue weighted by atomic mass is 32.1. The molecule has 1 atom stereocenters. The summed E-state index contributed by atoms with van der Waals surface area (Å²) in [6.07, 6.45) is 2.00. The maximum atomic E-state index is 4.52. The quantitative estimate of drug-likeness (QED) is 0.859. The molecule has 1 fully saturated rings. The number of aromatic nitrogens is 1. The van der Waals surface area contributed by atoms with E-state index in [-0.39, 0.29) is 0 Å². The summed E-state index contributed by atoms with van der Waals surface area (Å²) in [7, 11) is 4.16. The van der Waals surface area contributed by atoms with Gasteiger partial charge in [-0.1, -0.05) is 0 Å². The molecule has 1 aliphatic rings. The lowest BCUT2D eigenvalue weighted by Crippen LogP contribution is -2.44. The van der Waals surface area contributed by atoms with E-state index >= 15 is 0 Å². The van der Waals surface area contributed by atoms with Crippen LogP contribution in [0.4, 0.5) is 5.13 Å². The maximum Gasteiger partial charge on any atom is 0.185 e. The van der Waals surface area contributed by atoms with Crippen molar-refractivity contribution in [3.8, 4) is 0 Å². The van der Waals surface area contributed by atoms with Crippen LogP contribution in [0.25, 0.3) is 0 Å². The van der Waals surface area contributed by atoms with E-state index in [1.807, 2.05) is 24.6 Å². The number of piperazine rings is 1. The van der Waals surface area contributed by atoms with Gasteiger partial charge in [0.25, 0.3) is 0 Å². The molecule has 1 saturated heterocycles. The molecule has 0 spiro atoms. The normalized spacial score (nSPS) is 20.1. The van der Waals surface area contributed by atoms with E-state index in [2.05, 4.69) is 34.1 Å². The van der Waals surface area contributed by atoms with E-state index in [1.54, 1.807) is 0 Å². The third kappa shape index (κ3) is 2.53. The first-order chi connectivity index (χ1) is 7.70. The molecule has 0 amide bonds. The van der Waals surface area contributed by atoms with Crippen molar-refractivity contribution < 1.29 is 0 Å². The van der Waals surface area contributed by atoms with Gasteiger partial charge in [0.2, 0.25) is 0 Å². The first-order valence-corrected chi connectivity index (χ1v) is 6.59. The van der Waals surface area contributed by atoms with Gasteiger partial charge in [-0.15, -0.1) is 11.3 Å². The second kappa shape index (κ2) is 5.12. The van der Waals surface area contributed by atoms with Gasteiger partial charge in [-0.05, 0) is 21.0 Å². The predicted molar refractivity (Wildman–Crippen MR) is 69.3 cm³/mol. The Morgan fingerprint density at radius 3 is 2.69 bits per heavy atom. The van der Waals surface area contributed by atoms with E-state index in [4.69, 9.17) is 0 Å². The minimum Gasteiger partial charge on any atom is -0.346 e. The van der Waals surface area contributed by atoms with Gasteiger partial charge in [0.05, 0.1) is 0 Å². The summed E-state index contributed by atoms with van der Waals surface area (Å²) < 4.78 is 0. The summed E-state index contributed by atoms with van der Waals surface area (Å²) in [5.74, 6) is 0. The number of nitrogens with one attached hydrogen (secondary N) is 1. The molecule has 0 aromatic carbocycles. The summed E-state index contributed by atoms with van der Waals surface area (Å²) in [6.45, 7) is 6.63. The lowest BCUT2D eigenvalue weighted by molar-refractivity contribution is 0.313. The molecule has 5 heteroatoms. The van der Waals surface area contributed by atoms with Gasteiger partial charge in [0.15, 0.2) is 5.13 Å². The van der Waals surface area contributed by atoms with Crippen molar-refractivity contribution in [3.05, 3.63) is 11.1 Å².